The molecule has 2 heterocycles. The molecular weight excluding hydrogens is 572 g/mol. The number of ether oxygens (including phenoxy) is 3. The van der Waals surface area contributed by atoms with Crippen molar-refractivity contribution in [1.82, 2.24) is 15.0 Å². The lowest BCUT2D eigenvalue weighted by molar-refractivity contribution is 0.192. The molecule has 0 atom stereocenters. The summed E-state index contributed by atoms with van der Waals surface area (Å²) in [5, 5.41) is 9.72. The van der Waals surface area contributed by atoms with Crippen molar-refractivity contribution in [3.8, 4) is 34.5 Å². The van der Waals surface area contributed by atoms with E-state index in [0.717, 1.165) is 4.31 Å². The largest absolute Gasteiger partial charge is 0.497 e. The summed E-state index contributed by atoms with van der Waals surface area (Å²) in [6.45, 7) is 4.51. The predicted molar refractivity (Wildman–Crippen MR) is 155 cm³/mol. The molecule has 2 aromatic carbocycles. The zero-order valence-corrected chi connectivity index (χ0v) is 24.4. The highest BCUT2D eigenvalue weighted by Gasteiger charge is 2.39. The molecule has 0 bridgehead atoms. The van der Waals surface area contributed by atoms with Crippen LogP contribution >= 0.6 is 11.6 Å². The second-order valence-electron chi connectivity index (χ2n) is 9.67. The van der Waals surface area contributed by atoms with E-state index in [1.165, 1.54) is 37.6 Å². The fourth-order valence-electron chi connectivity index (χ4n) is 3.89. The number of methoxy groups -OCH3 is 1. The summed E-state index contributed by atoms with van der Waals surface area (Å²) in [7, 11) is -2.79. The maximum absolute atomic E-state index is 14.2. The number of benzene rings is 2. The van der Waals surface area contributed by atoms with Crippen molar-refractivity contribution in [1.29, 1.82) is 0 Å². The minimum Gasteiger partial charge on any atom is -0.497 e. The molecule has 0 spiro atoms. The van der Waals surface area contributed by atoms with Crippen molar-refractivity contribution >= 4 is 27.4 Å². The molecule has 4 aromatic rings. The lowest BCUT2D eigenvalue weighted by Crippen LogP contribution is -2.46. The molecule has 11 nitrogen and oxygen atoms in total. The number of H-pyrrole nitrogens is 1. The van der Waals surface area contributed by atoms with Gasteiger partial charge in [-0.3, -0.25) is 4.79 Å². The zero-order valence-electron chi connectivity index (χ0n) is 22.8. The minimum atomic E-state index is -4.26. The highest BCUT2D eigenvalue weighted by atomic mass is 35.5. The van der Waals surface area contributed by atoms with Gasteiger partial charge in [-0.15, -0.1) is 0 Å². The first kappa shape index (κ1) is 29.8. The SMILES string of the molecule is COc1ccc(Cl)c(Oc2c(OCCO)nc(-c3cc[nH]c(=O)c3)nc2N(C(C)(C)C)S(=O)(=O)c2ccccc2)c1. The lowest BCUT2D eigenvalue weighted by atomic mass is 10.1. The molecule has 41 heavy (non-hydrogen) atoms. The normalized spacial score (nSPS) is 11.7. The van der Waals surface area contributed by atoms with E-state index in [1.807, 2.05) is 0 Å². The monoisotopic (exact) mass is 600 g/mol. The molecule has 13 heteroatoms. The van der Waals surface area contributed by atoms with E-state index in [4.69, 9.17) is 25.8 Å². The Bertz CT molecular complexity index is 1690. The van der Waals surface area contributed by atoms with Crippen LogP contribution in [-0.4, -0.2) is 54.3 Å². The fourth-order valence-corrected chi connectivity index (χ4v) is 5.83. The van der Waals surface area contributed by atoms with Crippen LogP contribution in [0, 0.1) is 0 Å². The number of hydrogen-bond donors (Lipinski definition) is 2. The van der Waals surface area contributed by atoms with Crippen LogP contribution in [-0.2, 0) is 10.0 Å². The highest BCUT2D eigenvalue weighted by Crippen LogP contribution is 2.45. The fraction of sp³-hybridized carbons (Fsp3) is 0.250. The first-order valence-corrected chi connectivity index (χ1v) is 14.2. The van der Waals surface area contributed by atoms with Gasteiger partial charge in [0.25, 0.3) is 15.9 Å². The molecule has 0 saturated carbocycles. The van der Waals surface area contributed by atoms with E-state index in [9.17, 15) is 18.3 Å². The first-order valence-electron chi connectivity index (χ1n) is 12.4. The molecule has 0 fully saturated rings. The van der Waals surface area contributed by atoms with Crippen molar-refractivity contribution in [2.24, 2.45) is 0 Å². The van der Waals surface area contributed by atoms with Gasteiger partial charge < -0.3 is 24.3 Å². The van der Waals surface area contributed by atoms with E-state index in [1.54, 1.807) is 57.2 Å². The molecule has 4 rings (SSSR count). The summed E-state index contributed by atoms with van der Waals surface area (Å²) in [4.78, 5) is 23.7. The molecule has 0 radical (unpaired) electrons. The van der Waals surface area contributed by atoms with E-state index in [2.05, 4.69) is 15.0 Å². The van der Waals surface area contributed by atoms with Crippen LogP contribution in [0.3, 0.4) is 0 Å². The number of halogens is 1. The van der Waals surface area contributed by atoms with Gasteiger partial charge in [-0.2, -0.15) is 4.98 Å². The van der Waals surface area contributed by atoms with E-state index >= 15 is 0 Å². The summed E-state index contributed by atoms with van der Waals surface area (Å²) in [5.41, 5.74) is -1.22. The van der Waals surface area contributed by atoms with Gasteiger partial charge in [0.15, 0.2) is 11.6 Å². The maximum atomic E-state index is 14.2. The first-order chi connectivity index (χ1) is 19.5. The number of anilines is 1. The quantitative estimate of drug-likeness (QED) is 0.266. The Morgan fingerprint density at radius 1 is 1.05 bits per heavy atom. The smallest absolute Gasteiger partial charge is 0.266 e. The van der Waals surface area contributed by atoms with Gasteiger partial charge in [0.1, 0.15) is 18.1 Å². The van der Waals surface area contributed by atoms with Gasteiger partial charge in [0.05, 0.1) is 23.6 Å². The van der Waals surface area contributed by atoms with Crippen LogP contribution in [0.4, 0.5) is 5.82 Å². The van der Waals surface area contributed by atoms with Crippen LogP contribution in [0.15, 0.2) is 76.6 Å². The van der Waals surface area contributed by atoms with Gasteiger partial charge in [-0.25, -0.2) is 17.7 Å². The van der Waals surface area contributed by atoms with Gasteiger partial charge in [0.2, 0.25) is 11.3 Å². The summed E-state index contributed by atoms with van der Waals surface area (Å²) < 4.78 is 46.8. The number of sulfonamides is 1. The molecule has 0 aliphatic rings. The standard InChI is InChI=1S/C28H29ClN4O7S/c1-28(2,3)33(41(36,37)20-8-6-5-7-9-20)26-24(40-22-17-19(38-4)10-11-21(22)29)27(39-15-14-34)32-25(31-26)18-12-13-30-23(35)16-18/h5-13,16-17,34H,14-15H2,1-4H3,(H,30,35). The highest BCUT2D eigenvalue weighted by molar-refractivity contribution is 7.92. The molecule has 0 aliphatic heterocycles. The summed E-state index contributed by atoms with van der Waals surface area (Å²) in [6.07, 6.45) is 1.41. The van der Waals surface area contributed by atoms with Crippen LogP contribution in [0.5, 0.6) is 23.1 Å². The van der Waals surface area contributed by atoms with Crippen molar-refractivity contribution < 1.29 is 27.7 Å². The van der Waals surface area contributed by atoms with Gasteiger partial charge in [0, 0.05) is 29.4 Å². The zero-order chi connectivity index (χ0) is 29.8. The van der Waals surface area contributed by atoms with E-state index < -0.39 is 21.1 Å². The van der Waals surface area contributed by atoms with Gasteiger partial charge in [-0.05, 0) is 51.1 Å². The maximum Gasteiger partial charge on any atom is 0.266 e. The van der Waals surface area contributed by atoms with Crippen LogP contribution in [0.1, 0.15) is 20.8 Å². The number of aliphatic hydroxyl groups is 1. The Morgan fingerprint density at radius 2 is 1.78 bits per heavy atom. The number of aromatic nitrogens is 3. The topological polar surface area (TPSA) is 144 Å². The Labute approximate surface area is 242 Å². The molecular formula is C28H29ClN4O7S. The number of aliphatic hydroxyl groups excluding tert-OH is 1. The van der Waals surface area contributed by atoms with Crippen LogP contribution in [0.2, 0.25) is 5.02 Å². The molecule has 2 N–H and O–H groups in total. The van der Waals surface area contributed by atoms with Crippen LogP contribution < -0.4 is 24.1 Å². The van der Waals surface area contributed by atoms with Crippen molar-refractivity contribution in [3.05, 3.63) is 82.2 Å². The number of pyridine rings is 1. The molecule has 2 aromatic heterocycles. The molecule has 0 aliphatic carbocycles. The second kappa shape index (κ2) is 12.2. The summed E-state index contributed by atoms with van der Waals surface area (Å²) in [5.74, 6) is -0.0274. The van der Waals surface area contributed by atoms with Crippen molar-refractivity contribution in [2.75, 3.05) is 24.6 Å². The number of aromatic amines is 1. The molecule has 0 amide bonds. The molecule has 0 unspecified atom stereocenters. The van der Waals surface area contributed by atoms with Crippen molar-refractivity contribution in [2.45, 2.75) is 31.2 Å². The minimum absolute atomic E-state index is 0.00873. The Morgan fingerprint density at radius 3 is 2.41 bits per heavy atom. The molecule has 0 saturated heterocycles. The van der Waals surface area contributed by atoms with E-state index in [-0.39, 0.29) is 52.2 Å². The third kappa shape index (κ3) is 6.62. The predicted octanol–water partition coefficient (Wildman–Crippen LogP) is 4.65. The second-order valence-corrected chi connectivity index (χ2v) is 11.9. The van der Waals surface area contributed by atoms with Crippen LogP contribution in [0.25, 0.3) is 11.4 Å². The lowest BCUT2D eigenvalue weighted by Gasteiger charge is -2.36. The number of hydrogen-bond acceptors (Lipinski definition) is 9. The van der Waals surface area contributed by atoms with Gasteiger partial charge >= 0.3 is 0 Å². The Balaban J connectivity index is 2.08. The average molecular weight is 601 g/mol. The number of nitrogens with zero attached hydrogens (tertiary/aromatic N) is 3. The van der Waals surface area contributed by atoms with Gasteiger partial charge in [-0.1, -0.05) is 29.8 Å². The number of rotatable bonds is 10. The molecule has 216 valence electrons. The average Bonchev–Trinajstić information content (AvgIpc) is 2.93. The Hall–Kier alpha value is -4.13. The van der Waals surface area contributed by atoms with Crippen molar-refractivity contribution in [3.63, 3.8) is 0 Å². The third-order valence-electron chi connectivity index (χ3n) is 5.61. The summed E-state index contributed by atoms with van der Waals surface area (Å²) in [6, 6.07) is 15.4. The third-order valence-corrected chi connectivity index (χ3v) is 7.99. The Kier molecular flexibility index (Phi) is 8.86. The summed E-state index contributed by atoms with van der Waals surface area (Å²) >= 11 is 6.44. The van der Waals surface area contributed by atoms with E-state index in [0.29, 0.717) is 11.3 Å². The number of nitrogens with one attached hydrogen (secondary N) is 1.